The Morgan fingerprint density at radius 1 is 1.47 bits per heavy atom. The Bertz CT molecular complexity index is 389. The van der Waals surface area contributed by atoms with E-state index < -0.39 is 11.5 Å². The van der Waals surface area contributed by atoms with Gasteiger partial charge in [0.1, 0.15) is 5.67 Å². The van der Waals surface area contributed by atoms with Gasteiger partial charge in [0.25, 0.3) is 0 Å². The van der Waals surface area contributed by atoms with E-state index in [-0.39, 0.29) is 12.2 Å². The molecule has 94 valence electrons. The van der Waals surface area contributed by atoms with Gasteiger partial charge in [-0.25, -0.2) is 8.78 Å². The van der Waals surface area contributed by atoms with Crippen LogP contribution in [-0.4, -0.2) is 25.9 Å². The molecule has 1 fully saturated rings. The number of halogens is 2. The average molecular weight is 241 g/mol. The zero-order valence-corrected chi connectivity index (χ0v) is 9.93. The Hall–Kier alpha value is -1.16. The Balaban J connectivity index is 2.10. The van der Waals surface area contributed by atoms with Gasteiger partial charge in [0.15, 0.2) is 11.6 Å². The lowest BCUT2D eigenvalue weighted by Gasteiger charge is -2.30. The minimum atomic E-state index is -1.25. The second kappa shape index (κ2) is 5.00. The molecule has 2 nitrogen and oxygen atoms in total. The third-order valence-electron chi connectivity index (χ3n) is 3.16. The monoisotopic (exact) mass is 241 g/mol. The molecule has 0 aromatic heterocycles. The van der Waals surface area contributed by atoms with Crippen LogP contribution in [0, 0.1) is 5.82 Å². The van der Waals surface area contributed by atoms with Gasteiger partial charge in [0.05, 0.1) is 7.11 Å². The van der Waals surface area contributed by atoms with Gasteiger partial charge in [0.2, 0.25) is 0 Å². The van der Waals surface area contributed by atoms with Gasteiger partial charge in [-0.3, -0.25) is 0 Å². The van der Waals surface area contributed by atoms with Crippen molar-refractivity contribution in [3.63, 3.8) is 0 Å². The number of ether oxygens (including phenoxy) is 1. The average Bonchev–Trinajstić information content (AvgIpc) is 2.29. The first-order chi connectivity index (χ1) is 8.13. The summed E-state index contributed by atoms with van der Waals surface area (Å²) in [5.41, 5.74) is -0.575. The minimum Gasteiger partial charge on any atom is -0.494 e. The SMILES string of the molecule is COc1ccc(CC2(F)CCCNC2)cc1F. The highest BCUT2D eigenvalue weighted by molar-refractivity contribution is 5.30. The van der Waals surface area contributed by atoms with E-state index >= 15 is 0 Å². The van der Waals surface area contributed by atoms with E-state index in [0.29, 0.717) is 18.5 Å². The lowest BCUT2D eigenvalue weighted by molar-refractivity contribution is 0.122. The van der Waals surface area contributed by atoms with Gasteiger partial charge in [-0.05, 0) is 37.1 Å². The van der Waals surface area contributed by atoms with E-state index in [4.69, 9.17) is 4.74 Å². The molecule has 1 aromatic carbocycles. The van der Waals surface area contributed by atoms with E-state index in [1.165, 1.54) is 13.2 Å². The first kappa shape index (κ1) is 12.3. The second-order valence-corrected chi connectivity index (χ2v) is 4.58. The van der Waals surface area contributed by atoms with Crippen molar-refractivity contribution in [2.24, 2.45) is 0 Å². The highest BCUT2D eigenvalue weighted by Gasteiger charge is 2.31. The van der Waals surface area contributed by atoms with Crippen LogP contribution in [0.1, 0.15) is 18.4 Å². The standard InChI is InChI=1S/C13H17F2NO/c1-17-12-4-3-10(7-11(12)14)8-13(15)5-2-6-16-9-13/h3-4,7,16H,2,5-6,8-9H2,1H3. The fraction of sp³-hybridized carbons (Fsp3) is 0.538. The Morgan fingerprint density at radius 2 is 2.29 bits per heavy atom. The third kappa shape index (κ3) is 2.94. The van der Waals surface area contributed by atoms with Crippen LogP contribution in [0.3, 0.4) is 0 Å². The van der Waals surface area contributed by atoms with E-state index in [9.17, 15) is 8.78 Å². The van der Waals surface area contributed by atoms with Crippen LogP contribution in [0.25, 0.3) is 0 Å². The zero-order valence-electron chi connectivity index (χ0n) is 9.93. The molecule has 1 N–H and O–H groups in total. The topological polar surface area (TPSA) is 21.3 Å². The van der Waals surface area contributed by atoms with Crippen LogP contribution in [0.15, 0.2) is 18.2 Å². The van der Waals surface area contributed by atoms with Crippen LogP contribution < -0.4 is 10.1 Å². The summed E-state index contributed by atoms with van der Waals surface area (Å²) in [5, 5.41) is 3.04. The van der Waals surface area contributed by atoms with E-state index in [1.807, 2.05) is 0 Å². The zero-order chi connectivity index (χ0) is 12.3. The molecule has 17 heavy (non-hydrogen) atoms. The molecule has 0 spiro atoms. The molecular weight excluding hydrogens is 224 g/mol. The molecule has 1 aromatic rings. The van der Waals surface area contributed by atoms with Crippen LogP contribution in [0.5, 0.6) is 5.75 Å². The van der Waals surface area contributed by atoms with Crippen molar-refractivity contribution in [2.75, 3.05) is 20.2 Å². The molecule has 1 aliphatic heterocycles. The number of hydrogen-bond acceptors (Lipinski definition) is 2. The summed E-state index contributed by atoms with van der Waals surface area (Å²) >= 11 is 0. The molecule has 1 saturated heterocycles. The molecule has 1 heterocycles. The van der Waals surface area contributed by atoms with Crippen LogP contribution in [0.2, 0.25) is 0 Å². The predicted molar refractivity (Wildman–Crippen MR) is 62.6 cm³/mol. The van der Waals surface area contributed by atoms with Crippen LogP contribution in [-0.2, 0) is 6.42 Å². The molecule has 0 amide bonds. The van der Waals surface area contributed by atoms with Crippen molar-refractivity contribution in [3.05, 3.63) is 29.6 Å². The smallest absolute Gasteiger partial charge is 0.165 e. The number of rotatable bonds is 3. The van der Waals surface area contributed by atoms with Crippen molar-refractivity contribution in [2.45, 2.75) is 24.9 Å². The molecule has 0 radical (unpaired) electrons. The number of nitrogens with one attached hydrogen (secondary N) is 1. The summed E-state index contributed by atoms with van der Waals surface area (Å²) < 4.78 is 32.7. The predicted octanol–water partition coefficient (Wildman–Crippen LogP) is 2.47. The largest absolute Gasteiger partial charge is 0.494 e. The normalized spacial score (nSPS) is 24.6. The Labute approximate surface area is 100.0 Å². The van der Waals surface area contributed by atoms with Crippen molar-refractivity contribution in [3.8, 4) is 5.75 Å². The first-order valence-corrected chi connectivity index (χ1v) is 5.85. The molecule has 1 atom stereocenters. The molecule has 1 aliphatic rings. The summed E-state index contributed by atoms with van der Waals surface area (Å²) in [6.07, 6.45) is 1.61. The summed E-state index contributed by atoms with van der Waals surface area (Å²) in [5.74, 6) is -0.235. The van der Waals surface area contributed by atoms with Crippen molar-refractivity contribution < 1.29 is 13.5 Å². The quantitative estimate of drug-likeness (QED) is 0.877. The van der Waals surface area contributed by atoms with E-state index in [2.05, 4.69) is 5.32 Å². The lowest BCUT2D eigenvalue weighted by Crippen LogP contribution is -2.43. The fourth-order valence-corrected chi connectivity index (χ4v) is 2.27. The number of piperidine rings is 1. The second-order valence-electron chi connectivity index (χ2n) is 4.58. The first-order valence-electron chi connectivity index (χ1n) is 5.85. The maximum absolute atomic E-state index is 14.4. The summed E-state index contributed by atoms with van der Waals surface area (Å²) in [6, 6.07) is 4.62. The third-order valence-corrected chi connectivity index (χ3v) is 3.16. The number of benzene rings is 1. The Kier molecular flexibility index (Phi) is 3.62. The van der Waals surface area contributed by atoms with Gasteiger partial charge in [-0.1, -0.05) is 6.07 Å². The van der Waals surface area contributed by atoms with E-state index in [1.54, 1.807) is 12.1 Å². The highest BCUT2D eigenvalue weighted by Crippen LogP contribution is 2.27. The van der Waals surface area contributed by atoms with Gasteiger partial charge in [0, 0.05) is 13.0 Å². The van der Waals surface area contributed by atoms with Gasteiger partial charge in [-0.15, -0.1) is 0 Å². The van der Waals surface area contributed by atoms with Gasteiger partial charge < -0.3 is 10.1 Å². The van der Waals surface area contributed by atoms with Gasteiger partial charge in [-0.2, -0.15) is 0 Å². The molecule has 1 unspecified atom stereocenters. The number of alkyl halides is 1. The molecular formula is C13H17F2NO. The molecule has 0 bridgehead atoms. The molecule has 2 rings (SSSR count). The van der Waals surface area contributed by atoms with E-state index in [0.717, 1.165) is 13.0 Å². The molecule has 0 aliphatic carbocycles. The highest BCUT2D eigenvalue weighted by atomic mass is 19.1. The molecule has 0 saturated carbocycles. The molecule has 4 heteroatoms. The van der Waals surface area contributed by atoms with Crippen LogP contribution in [0.4, 0.5) is 8.78 Å². The Morgan fingerprint density at radius 3 is 2.88 bits per heavy atom. The van der Waals surface area contributed by atoms with Crippen molar-refractivity contribution in [1.29, 1.82) is 0 Å². The maximum atomic E-state index is 14.4. The van der Waals surface area contributed by atoms with Crippen molar-refractivity contribution in [1.82, 2.24) is 5.32 Å². The number of methoxy groups -OCH3 is 1. The number of hydrogen-bond donors (Lipinski definition) is 1. The summed E-state index contributed by atoms with van der Waals surface area (Å²) in [4.78, 5) is 0. The summed E-state index contributed by atoms with van der Waals surface area (Å²) in [7, 11) is 1.42. The lowest BCUT2D eigenvalue weighted by atomic mass is 9.89. The maximum Gasteiger partial charge on any atom is 0.165 e. The van der Waals surface area contributed by atoms with Crippen molar-refractivity contribution >= 4 is 0 Å². The minimum absolute atomic E-state index is 0.198. The van der Waals surface area contributed by atoms with Gasteiger partial charge >= 0.3 is 0 Å². The van der Waals surface area contributed by atoms with Crippen LogP contribution >= 0.6 is 0 Å². The fourth-order valence-electron chi connectivity index (χ4n) is 2.27. The summed E-state index contributed by atoms with van der Waals surface area (Å²) in [6.45, 7) is 1.21.